The smallest absolute Gasteiger partial charge is 0.0782 e. The predicted octanol–water partition coefficient (Wildman–Crippen LogP) is 5.93. The van der Waals surface area contributed by atoms with Crippen LogP contribution in [0.3, 0.4) is 0 Å². The highest BCUT2D eigenvalue weighted by Gasteiger charge is 2.08. The number of aryl methyl sites for hydroxylation is 1. The maximum Gasteiger partial charge on any atom is 0.0782 e. The van der Waals surface area contributed by atoms with Crippen LogP contribution >= 0.6 is 15.9 Å². The van der Waals surface area contributed by atoms with Gasteiger partial charge >= 0.3 is 0 Å². The quantitative estimate of drug-likeness (QED) is 0.520. The lowest BCUT2D eigenvalue weighted by atomic mass is 10.0. The van der Waals surface area contributed by atoms with Crippen molar-refractivity contribution in [3.05, 3.63) is 100 Å². The summed E-state index contributed by atoms with van der Waals surface area (Å²) in [5.41, 5.74) is 5.35. The van der Waals surface area contributed by atoms with Gasteiger partial charge in [-0.3, -0.25) is 0 Å². The Morgan fingerprint density at radius 2 is 1.32 bits per heavy atom. The van der Waals surface area contributed by atoms with Gasteiger partial charge in [-0.1, -0.05) is 66.7 Å². The summed E-state index contributed by atoms with van der Waals surface area (Å²) in [4.78, 5) is 4.93. The van der Waals surface area contributed by atoms with Crippen LogP contribution in [-0.2, 0) is 0 Å². The fourth-order valence-electron chi connectivity index (χ4n) is 2.32. The van der Waals surface area contributed by atoms with Crippen LogP contribution in [0.15, 0.2) is 88.3 Å². The van der Waals surface area contributed by atoms with Crippen molar-refractivity contribution < 1.29 is 0 Å². The number of halogens is 1. The van der Waals surface area contributed by atoms with E-state index in [1.54, 1.807) is 0 Å². The van der Waals surface area contributed by atoms with Gasteiger partial charge in [-0.25, -0.2) is 4.99 Å². The third kappa shape index (κ3) is 3.34. The summed E-state index contributed by atoms with van der Waals surface area (Å²) < 4.78 is 1.00. The predicted molar refractivity (Wildman–Crippen MR) is 97.1 cm³/mol. The zero-order chi connectivity index (χ0) is 15.4. The first-order chi connectivity index (χ1) is 10.7. The van der Waals surface area contributed by atoms with E-state index >= 15 is 0 Å². The minimum Gasteiger partial charge on any atom is -0.247 e. The van der Waals surface area contributed by atoms with E-state index in [9.17, 15) is 0 Å². The maximum absolute atomic E-state index is 4.93. The average molecular weight is 350 g/mol. The molecule has 0 radical (unpaired) electrons. The van der Waals surface area contributed by atoms with E-state index in [4.69, 9.17) is 4.99 Å². The third-order valence-corrected chi connectivity index (χ3v) is 4.10. The molecule has 0 spiro atoms. The van der Waals surface area contributed by atoms with Gasteiger partial charge in [0.25, 0.3) is 0 Å². The van der Waals surface area contributed by atoms with Crippen LogP contribution in [-0.4, -0.2) is 5.71 Å². The Bertz CT molecular complexity index is 751. The van der Waals surface area contributed by atoms with Gasteiger partial charge in [0.2, 0.25) is 0 Å². The van der Waals surface area contributed by atoms with E-state index in [1.807, 2.05) is 42.5 Å². The molecule has 0 aliphatic carbocycles. The third-order valence-electron chi connectivity index (χ3n) is 3.43. The standard InChI is InChI=1S/C20H16BrN/c1-15-12-13-18(21)19(14-15)22-20(16-8-4-2-5-9-16)17-10-6-3-7-11-17/h2-14H,1H3. The lowest BCUT2D eigenvalue weighted by Gasteiger charge is -2.09. The molecule has 0 aliphatic rings. The molecule has 0 aromatic heterocycles. The van der Waals surface area contributed by atoms with E-state index < -0.39 is 0 Å². The van der Waals surface area contributed by atoms with E-state index in [2.05, 4.69) is 59.3 Å². The van der Waals surface area contributed by atoms with Gasteiger partial charge in [-0.05, 0) is 40.5 Å². The summed E-state index contributed by atoms with van der Waals surface area (Å²) in [7, 11) is 0. The van der Waals surface area contributed by atoms with E-state index in [-0.39, 0.29) is 0 Å². The fourth-order valence-corrected chi connectivity index (χ4v) is 2.65. The highest BCUT2D eigenvalue weighted by atomic mass is 79.9. The van der Waals surface area contributed by atoms with Crippen molar-refractivity contribution in [1.82, 2.24) is 0 Å². The van der Waals surface area contributed by atoms with Crippen molar-refractivity contribution in [2.75, 3.05) is 0 Å². The molecule has 0 fully saturated rings. The number of benzene rings is 3. The highest BCUT2D eigenvalue weighted by Crippen LogP contribution is 2.28. The van der Waals surface area contributed by atoms with Gasteiger partial charge in [0.1, 0.15) is 0 Å². The fraction of sp³-hybridized carbons (Fsp3) is 0.0500. The van der Waals surface area contributed by atoms with Crippen molar-refractivity contribution in [3.63, 3.8) is 0 Å². The molecule has 1 nitrogen and oxygen atoms in total. The Morgan fingerprint density at radius 3 is 1.86 bits per heavy atom. The molecule has 0 unspecified atom stereocenters. The molecule has 0 heterocycles. The first kappa shape index (κ1) is 14.7. The monoisotopic (exact) mass is 349 g/mol. The van der Waals surface area contributed by atoms with Gasteiger partial charge in [-0.15, -0.1) is 0 Å². The summed E-state index contributed by atoms with van der Waals surface area (Å²) in [6.45, 7) is 2.08. The Labute approximate surface area is 139 Å². The van der Waals surface area contributed by atoms with Crippen LogP contribution in [0.2, 0.25) is 0 Å². The van der Waals surface area contributed by atoms with Crippen LogP contribution in [0.5, 0.6) is 0 Å². The lowest BCUT2D eigenvalue weighted by molar-refractivity contribution is 1.39. The second-order valence-corrected chi connectivity index (χ2v) is 6.00. The van der Waals surface area contributed by atoms with Gasteiger partial charge in [0.15, 0.2) is 0 Å². The van der Waals surface area contributed by atoms with Crippen molar-refractivity contribution in [1.29, 1.82) is 0 Å². The molecule has 0 N–H and O–H groups in total. The second kappa shape index (κ2) is 6.71. The van der Waals surface area contributed by atoms with Gasteiger partial charge in [-0.2, -0.15) is 0 Å². The maximum atomic E-state index is 4.93. The Morgan fingerprint density at radius 1 is 0.773 bits per heavy atom. The molecule has 3 aromatic carbocycles. The molecule has 0 saturated carbocycles. The normalized spacial score (nSPS) is 10.3. The van der Waals surface area contributed by atoms with Gasteiger partial charge in [0.05, 0.1) is 11.4 Å². The molecule has 0 atom stereocenters. The molecule has 0 bridgehead atoms. The molecule has 0 saturated heterocycles. The number of nitrogens with zero attached hydrogens (tertiary/aromatic N) is 1. The largest absolute Gasteiger partial charge is 0.247 e. The number of hydrogen-bond acceptors (Lipinski definition) is 1. The molecule has 0 amide bonds. The van der Waals surface area contributed by atoms with Crippen LogP contribution in [0.4, 0.5) is 5.69 Å². The molecular formula is C20H16BrN. The minimum absolute atomic E-state index is 0.947. The van der Waals surface area contributed by atoms with Gasteiger partial charge < -0.3 is 0 Å². The minimum atomic E-state index is 0.947. The Hall–Kier alpha value is -2.19. The summed E-state index contributed by atoms with van der Waals surface area (Å²) in [5.74, 6) is 0. The summed E-state index contributed by atoms with van der Waals surface area (Å²) >= 11 is 3.60. The van der Waals surface area contributed by atoms with Crippen LogP contribution < -0.4 is 0 Å². The summed E-state index contributed by atoms with van der Waals surface area (Å²) in [6.07, 6.45) is 0. The van der Waals surface area contributed by atoms with Gasteiger partial charge in [0, 0.05) is 15.6 Å². The molecule has 2 heteroatoms. The Balaban J connectivity index is 2.18. The molecular weight excluding hydrogens is 334 g/mol. The number of hydrogen-bond donors (Lipinski definition) is 0. The van der Waals surface area contributed by atoms with E-state index in [0.29, 0.717) is 0 Å². The molecule has 22 heavy (non-hydrogen) atoms. The summed E-state index contributed by atoms with van der Waals surface area (Å²) in [6, 6.07) is 26.8. The van der Waals surface area contributed by atoms with Crippen molar-refractivity contribution in [2.45, 2.75) is 6.92 Å². The zero-order valence-corrected chi connectivity index (χ0v) is 13.9. The summed E-state index contributed by atoms with van der Waals surface area (Å²) in [5, 5.41) is 0. The van der Waals surface area contributed by atoms with Crippen molar-refractivity contribution in [3.8, 4) is 0 Å². The average Bonchev–Trinajstić information content (AvgIpc) is 2.57. The number of aliphatic imine (C=N–C) groups is 1. The van der Waals surface area contributed by atoms with Crippen molar-refractivity contribution in [2.24, 2.45) is 4.99 Å². The highest BCUT2D eigenvalue weighted by molar-refractivity contribution is 9.10. The number of rotatable bonds is 3. The van der Waals surface area contributed by atoms with Crippen molar-refractivity contribution >= 4 is 27.3 Å². The first-order valence-corrected chi connectivity index (χ1v) is 7.99. The van der Waals surface area contributed by atoms with Crippen LogP contribution in [0, 0.1) is 6.92 Å². The zero-order valence-electron chi connectivity index (χ0n) is 12.3. The van der Waals surface area contributed by atoms with E-state index in [1.165, 1.54) is 5.56 Å². The second-order valence-electron chi connectivity index (χ2n) is 5.15. The first-order valence-electron chi connectivity index (χ1n) is 7.20. The molecule has 0 aliphatic heterocycles. The van der Waals surface area contributed by atoms with Crippen LogP contribution in [0.1, 0.15) is 16.7 Å². The molecule has 3 rings (SSSR count). The topological polar surface area (TPSA) is 12.4 Å². The Kier molecular flexibility index (Phi) is 4.50. The van der Waals surface area contributed by atoms with Crippen LogP contribution in [0.25, 0.3) is 0 Å². The molecule has 108 valence electrons. The SMILES string of the molecule is Cc1ccc(Br)c(N=C(c2ccccc2)c2ccccc2)c1. The van der Waals surface area contributed by atoms with E-state index in [0.717, 1.165) is 27.0 Å². The lowest BCUT2D eigenvalue weighted by Crippen LogP contribution is -2.02. The molecule has 3 aromatic rings.